The number of hydrogen-bond donors (Lipinski definition) is 0. The van der Waals surface area contributed by atoms with Crippen LogP contribution in [0.25, 0.3) is 21.5 Å². The Morgan fingerprint density at radius 1 is 0.271 bits per heavy atom. The number of rotatable bonds is 54. The molecule has 0 saturated carbocycles. The van der Waals surface area contributed by atoms with E-state index in [-0.39, 0.29) is 58.7 Å². The van der Waals surface area contributed by atoms with Crippen LogP contribution in [0.2, 0.25) is 0 Å². The third kappa shape index (κ3) is 37.0. The van der Waals surface area contributed by atoms with Crippen LogP contribution in [0.1, 0.15) is 358 Å². The standard InChI is InChI=1S/2C38H64O3S.Ba/c2*1-3-5-7-9-11-13-15-17-19-21-23-25-30-35-33-34-29-27-28-31-36(34)37(38(35)42(39,40)41)32-26-24-22-20-18-16-14-12-10-8-6-4-2;/h2*27-29,31,33H,3-26,30,32H2,1-2H3,(H,39,40,41);/q;;+2/p-2. The molecule has 0 radical (unpaired) electrons. The molecule has 4 rings (SSSR count). The van der Waals surface area contributed by atoms with Crippen LogP contribution < -0.4 is 0 Å². The van der Waals surface area contributed by atoms with E-state index in [1.807, 2.05) is 48.5 Å². The first-order valence-corrected chi connectivity index (χ1v) is 38.8. The normalized spacial score (nSPS) is 11.8. The van der Waals surface area contributed by atoms with Crippen molar-refractivity contribution in [1.29, 1.82) is 0 Å². The molecule has 0 aliphatic heterocycles. The summed E-state index contributed by atoms with van der Waals surface area (Å²) < 4.78 is 75.6. The zero-order chi connectivity index (χ0) is 60.6. The maximum Gasteiger partial charge on any atom is 2.00 e. The fourth-order valence-corrected chi connectivity index (χ4v) is 15.0. The van der Waals surface area contributed by atoms with E-state index in [0.717, 1.165) is 95.2 Å². The fourth-order valence-electron chi connectivity index (χ4n) is 13.0. The number of benzene rings is 4. The molecular formula is C76H126BaO6S2. The quantitative estimate of drug-likeness (QED) is 0.0247. The number of aryl methyl sites for hydroxylation is 4. The van der Waals surface area contributed by atoms with E-state index in [1.165, 1.54) is 257 Å². The molecule has 4 aromatic carbocycles. The minimum atomic E-state index is -4.54. The van der Waals surface area contributed by atoms with E-state index < -0.39 is 20.2 Å². The van der Waals surface area contributed by atoms with Gasteiger partial charge >= 0.3 is 48.9 Å². The van der Waals surface area contributed by atoms with E-state index in [1.54, 1.807) is 0 Å². The summed E-state index contributed by atoms with van der Waals surface area (Å²) in [7, 11) is -9.08. The van der Waals surface area contributed by atoms with Crippen molar-refractivity contribution in [2.45, 2.75) is 371 Å². The summed E-state index contributed by atoms with van der Waals surface area (Å²) >= 11 is 0. The van der Waals surface area contributed by atoms with E-state index in [9.17, 15) is 25.9 Å². The third-order valence-corrected chi connectivity index (χ3v) is 20.0. The molecule has 9 heteroatoms. The molecule has 6 nitrogen and oxygen atoms in total. The molecule has 0 spiro atoms. The summed E-state index contributed by atoms with van der Waals surface area (Å²) in [4.78, 5) is 0.180. The van der Waals surface area contributed by atoms with Crippen molar-refractivity contribution in [3.05, 3.63) is 82.9 Å². The molecule has 85 heavy (non-hydrogen) atoms. The first-order valence-electron chi connectivity index (χ1n) is 36.0. The third-order valence-electron chi connectivity index (χ3n) is 18.0. The summed E-state index contributed by atoms with van der Waals surface area (Å²) in [5, 5.41) is 4.00. The molecule has 0 heterocycles. The Labute approximate surface area is 565 Å². The van der Waals surface area contributed by atoms with Crippen molar-refractivity contribution in [3.8, 4) is 0 Å². The van der Waals surface area contributed by atoms with Gasteiger partial charge in [0.25, 0.3) is 0 Å². The molecule has 0 aromatic heterocycles. The summed E-state index contributed by atoms with van der Waals surface area (Å²) in [5.41, 5.74) is 3.02. The van der Waals surface area contributed by atoms with E-state index in [4.69, 9.17) is 0 Å². The van der Waals surface area contributed by atoms with Gasteiger partial charge in [-0.3, -0.25) is 0 Å². The molecule has 0 fully saturated rings. The second kappa shape index (κ2) is 52.4. The minimum absolute atomic E-state index is 0. The summed E-state index contributed by atoms with van der Waals surface area (Å²) in [6, 6.07) is 20.0. The Bertz CT molecular complexity index is 2300. The predicted molar refractivity (Wildman–Crippen MR) is 369 cm³/mol. The Morgan fingerprint density at radius 2 is 0.459 bits per heavy atom. The van der Waals surface area contributed by atoms with Gasteiger partial charge in [-0.05, 0) is 107 Å². The monoisotopic (exact) mass is 1340 g/mol. The van der Waals surface area contributed by atoms with Gasteiger partial charge in [-0.15, -0.1) is 0 Å². The zero-order valence-corrected chi connectivity index (χ0v) is 61.6. The topological polar surface area (TPSA) is 114 Å². The largest absolute Gasteiger partial charge is 2.00 e. The van der Waals surface area contributed by atoms with E-state index in [2.05, 4.69) is 39.8 Å². The number of fused-ring (bicyclic) bond motifs is 2. The Morgan fingerprint density at radius 3 is 0.671 bits per heavy atom. The summed E-state index contributed by atoms with van der Waals surface area (Å²) in [5.74, 6) is 0. The molecule has 0 saturated heterocycles. The molecule has 0 N–H and O–H groups in total. The molecule has 0 aliphatic carbocycles. The van der Waals surface area contributed by atoms with Crippen LogP contribution in [0.15, 0.2) is 70.5 Å². The van der Waals surface area contributed by atoms with Crippen LogP contribution in [-0.2, 0) is 45.9 Å². The average Bonchev–Trinajstić information content (AvgIpc) is 3.07. The Hall–Kier alpha value is -1.21. The molecule has 0 amide bonds. The van der Waals surface area contributed by atoms with Crippen molar-refractivity contribution in [1.82, 2.24) is 0 Å². The van der Waals surface area contributed by atoms with Crippen molar-refractivity contribution in [2.75, 3.05) is 0 Å². The second-order valence-corrected chi connectivity index (χ2v) is 28.2. The van der Waals surface area contributed by atoms with Gasteiger partial charge in [0, 0.05) is 0 Å². The summed E-state index contributed by atoms with van der Waals surface area (Å²) in [6.45, 7) is 9.06. The van der Waals surface area contributed by atoms with Gasteiger partial charge in [0.1, 0.15) is 20.2 Å². The van der Waals surface area contributed by atoms with Gasteiger partial charge in [0.15, 0.2) is 0 Å². The fraction of sp³-hybridized carbons (Fsp3) is 0.737. The van der Waals surface area contributed by atoms with Gasteiger partial charge in [-0.1, -0.05) is 359 Å². The van der Waals surface area contributed by atoms with Crippen LogP contribution >= 0.6 is 0 Å². The predicted octanol–water partition coefficient (Wildman–Crippen LogP) is 24.1. The minimum Gasteiger partial charge on any atom is -0.744 e. The Kier molecular flexibility index (Phi) is 49.3. The van der Waals surface area contributed by atoms with Crippen LogP contribution in [0.3, 0.4) is 0 Å². The van der Waals surface area contributed by atoms with Gasteiger partial charge in [-0.25, -0.2) is 16.8 Å². The van der Waals surface area contributed by atoms with Crippen LogP contribution in [0, 0.1) is 0 Å². The van der Waals surface area contributed by atoms with Crippen LogP contribution in [0.5, 0.6) is 0 Å². The zero-order valence-electron chi connectivity index (χ0n) is 55.5. The molecule has 0 bridgehead atoms. The molecule has 480 valence electrons. The average molecular weight is 1340 g/mol. The first kappa shape index (κ1) is 79.9. The maximum absolute atomic E-state index is 12.6. The second-order valence-electron chi connectivity index (χ2n) is 25.6. The molecule has 0 atom stereocenters. The van der Waals surface area contributed by atoms with Crippen molar-refractivity contribution < 1.29 is 25.9 Å². The molecular weight excluding hydrogens is 1210 g/mol. The Balaban J connectivity index is 0.000000573. The van der Waals surface area contributed by atoms with Crippen molar-refractivity contribution >= 4 is 90.7 Å². The van der Waals surface area contributed by atoms with Gasteiger partial charge < -0.3 is 9.11 Å². The smallest absolute Gasteiger partial charge is 0.744 e. The molecule has 0 aliphatic rings. The SMILES string of the molecule is CCCCCCCCCCCCCCc1cc2ccccc2c(CCCCCCCCCCCCCC)c1S(=O)(=O)[O-].CCCCCCCCCCCCCCc1cc2ccccc2c(CCCCCCCCCCCCCC)c1S(=O)(=O)[O-].[Ba+2]. The van der Waals surface area contributed by atoms with Crippen molar-refractivity contribution in [2.24, 2.45) is 0 Å². The first-order chi connectivity index (χ1) is 41.0. The molecule has 0 unspecified atom stereocenters. The summed E-state index contributed by atoms with van der Waals surface area (Å²) in [6.07, 6.45) is 63.7. The van der Waals surface area contributed by atoms with Gasteiger partial charge in [0.2, 0.25) is 0 Å². The van der Waals surface area contributed by atoms with Gasteiger partial charge in [-0.2, -0.15) is 0 Å². The van der Waals surface area contributed by atoms with Crippen LogP contribution in [0.4, 0.5) is 0 Å². The van der Waals surface area contributed by atoms with E-state index in [0.29, 0.717) is 25.7 Å². The van der Waals surface area contributed by atoms with Gasteiger partial charge in [0.05, 0.1) is 9.79 Å². The van der Waals surface area contributed by atoms with Crippen LogP contribution in [-0.4, -0.2) is 74.8 Å². The van der Waals surface area contributed by atoms with Crippen molar-refractivity contribution in [3.63, 3.8) is 0 Å². The molecule has 4 aromatic rings. The maximum atomic E-state index is 12.6. The number of unbranched alkanes of at least 4 members (excludes halogenated alkanes) is 44. The number of hydrogen-bond acceptors (Lipinski definition) is 6. The van der Waals surface area contributed by atoms with E-state index >= 15 is 0 Å².